The largest absolute Gasteiger partial charge is 0.456 e. The van der Waals surface area contributed by atoms with Gasteiger partial charge in [-0.3, -0.25) is 0 Å². The van der Waals surface area contributed by atoms with Crippen molar-refractivity contribution in [3.8, 4) is 44.5 Å². The minimum absolute atomic E-state index is 0.816. The number of allylic oxidation sites excluding steroid dienone is 1. The molecule has 0 aliphatic carbocycles. The van der Waals surface area contributed by atoms with Crippen molar-refractivity contribution in [2.24, 2.45) is 0 Å². The first-order valence-electron chi connectivity index (χ1n) is 20.8. The van der Waals surface area contributed by atoms with Crippen LogP contribution >= 0.6 is 0 Å². The van der Waals surface area contributed by atoms with Crippen LogP contribution in [0.25, 0.3) is 77.9 Å². The van der Waals surface area contributed by atoms with Gasteiger partial charge in [-0.15, -0.1) is 0 Å². The van der Waals surface area contributed by atoms with Gasteiger partial charge in [0.15, 0.2) is 0 Å². The molecule has 1 heterocycles. The topological polar surface area (TPSA) is 16.4 Å². The quantitative estimate of drug-likeness (QED) is 0.145. The highest BCUT2D eigenvalue weighted by molar-refractivity contribution is 6.13. The zero-order valence-electron chi connectivity index (χ0n) is 34.0. The molecule has 0 spiro atoms. The summed E-state index contributed by atoms with van der Waals surface area (Å²) in [5, 5.41) is 4.19. The van der Waals surface area contributed by atoms with Crippen LogP contribution in [0.1, 0.15) is 12.5 Å². The molecular formula is C59H43NO. The summed E-state index contributed by atoms with van der Waals surface area (Å²) in [7, 11) is 0. The standard InChI is InChI=1S/C59H43NO/c1-3-50(48-26-18-25-47(39-48)42-21-10-6-11-22-42)58-54-40-56(52-28-14-15-29-53(52)59(54)61-57(58)4-2)60(55-30-17-16-27-51(55)46-23-12-7-13-24-46)49-37-35-45(36-38-49)44-33-31-43(32-34-44)41-19-8-5-9-20-41/h3-40H,1H2,2H3/b57-4+,58-50+. The van der Waals surface area contributed by atoms with Gasteiger partial charge in [0.1, 0.15) is 11.0 Å². The van der Waals surface area contributed by atoms with Crippen LogP contribution in [0.3, 0.4) is 0 Å². The number of nitrogens with zero attached hydrogens (tertiary/aromatic N) is 1. The molecule has 0 radical (unpaired) electrons. The van der Waals surface area contributed by atoms with Crippen molar-refractivity contribution in [1.82, 2.24) is 0 Å². The molecule has 290 valence electrons. The van der Waals surface area contributed by atoms with Crippen molar-refractivity contribution >= 4 is 50.5 Å². The summed E-state index contributed by atoms with van der Waals surface area (Å²) in [5.74, 6) is 0. The normalized spacial score (nSPS) is 12.1. The van der Waals surface area contributed by atoms with Crippen LogP contribution in [0.4, 0.5) is 17.1 Å². The third-order valence-corrected chi connectivity index (χ3v) is 11.6. The van der Waals surface area contributed by atoms with Gasteiger partial charge in [-0.05, 0) is 93.4 Å². The van der Waals surface area contributed by atoms with Crippen LogP contribution in [0.15, 0.2) is 235 Å². The van der Waals surface area contributed by atoms with Crippen molar-refractivity contribution in [3.63, 3.8) is 0 Å². The van der Waals surface area contributed by atoms with Crippen molar-refractivity contribution in [2.45, 2.75) is 6.92 Å². The van der Waals surface area contributed by atoms with E-state index in [1.54, 1.807) is 0 Å². The molecule has 0 amide bonds. The first-order valence-corrected chi connectivity index (χ1v) is 20.8. The number of furan rings is 1. The number of rotatable bonds is 9. The van der Waals surface area contributed by atoms with Gasteiger partial charge in [0.2, 0.25) is 0 Å². The summed E-state index contributed by atoms with van der Waals surface area (Å²) < 4.78 is 6.88. The van der Waals surface area contributed by atoms with E-state index in [1.807, 2.05) is 13.0 Å². The fourth-order valence-electron chi connectivity index (χ4n) is 8.67. The van der Waals surface area contributed by atoms with Crippen molar-refractivity contribution in [2.75, 3.05) is 4.90 Å². The zero-order valence-corrected chi connectivity index (χ0v) is 34.0. The van der Waals surface area contributed by atoms with Gasteiger partial charge in [-0.1, -0.05) is 201 Å². The minimum Gasteiger partial charge on any atom is -0.456 e. The Kier molecular flexibility index (Phi) is 10.0. The van der Waals surface area contributed by atoms with Crippen LogP contribution in [-0.2, 0) is 0 Å². The van der Waals surface area contributed by atoms with Crippen molar-refractivity contribution in [1.29, 1.82) is 0 Å². The van der Waals surface area contributed by atoms with Gasteiger partial charge in [0, 0.05) is 32.6 Å². The van der Waals surface area contributed by atoms with Crippen LogP contribution in [0.5, 0.6) is 0 Å². The first kappa shape index (κ1) is 37.3. The van der Waals surface area contributed by atoms with Gasteiger partial charge in [0.05, 0.1) is 11.4 Å². The molecule has 0 N–H and O–H groups in total. The van der Waals surface area contributed by atoms with Crippen LogP contribution in [0, 0.1) is 0 Å². The maximum Gasteiger partial charge on any atom is 0.143 e. The molecule has 2 nitrogen and oxygen atoms in total. The van der Waals surface area contributed by atoms with Crippen molar-refractivity contribution in [3.05, 3.63) is 247 Å². The third-order valence-electron chi connectivity index (χ3n) is 11.6. The summed E-state index contributed by atoms with van der Waals surface area (Å²) >= 11 is 0. The van der Waals surface area contributed by atoms with E-state index in [-0.39, 0.29) is 0 Å². The summed E-state index contributed by atoms with van der Waals surface area (Å²) in [6.07, 6.45) is 4.05. The average molecular weight is 782 g/mol. The van der Waals surface area contributed by atoms with E-state index in [2.05, 4.69) is 236 Å². The van der Waals surface area contributed by atoms with Crippen LogP contribution < -0.4 is 15.5 Å². The Hall–Kier alpha value is -7.94. The second kappa shape index (κ2) is 16.4. The fraction of sp³-hybridized carbons (Fsp3) is 0.0169. The summed E-state index contributed by atoms with van der Waals surface area (Å²) in [5.41, 5.74) is 16.3. The molecule has 0 saturated carbocycles. The number of benzene rings is 9. The number of para-hydroxylation sites is 1. The van der Waals surface area contributed by atoms with E-state index in [4.69, 9.17) is 4.42 Å². The molecule has 10 aromatic rings. The number of hydrogen-bond donors (Lipinski definition) is 0. The third kappa shape index (κ3) is 7.05. The van der Waals surface area contributed by atoms with E-state index < -0.39 is 0 Å². The van der Waals surface area contributed by atoms with Gasteiger partial charge >= 0.3 is 0 Å². The van der Waals surface area contributed by atoms with E-state index in [0.717, 1.165) is 82.8 Å². The predicted octanol–water partition coefficient (Wildman–Crippen LogP) is 14.9. The predicted molar refractivity (Wildman–Crippen MR) is 259 cm³/mol. The van der Waals surface area contributed by atoms with E-state index in [9.17, 15) is 0 Å². The van der Waals surface area contributed by atoms with Gasteiger partial charge in [-0.25, -0.2) is 0 Å². The van der Waals surface area contributed by atoms with Crippen LogP contribution in [0.2, 0.25) is 0 Å². The lowest BCUT2D eigenvalue weighted by molar-refractivity contribution is 0.577. The molecule has 0 atom stereocenters. The van der Waals surface area contributed by atoms with Gasteiger partial charge < -0.3 is 9.32 Å². The average Bonchev–Trinajstić information content (AvgIpc) is 3.71. The van der Waals surface area contributed by atoms with Gasteiger partial charge in [0.25, 0.3) is 0 Å². The molecular weight excluding hydrogens is 739 g/mol. The number of fused-ring (bicyclic) bond motifs is 3. The minimum atomic E-state index is 0.816. The zero-order chi connectivity index (χ0) is 41.1. The molecule has 0 saturated heterocycles. The number of anilines is 3. The molecule has 0 fully saturated rings. The highest BCUT2D eigenvalue weighted by Crippen LogP contribution is 2.45. The molecule has 2 heteroatoms. The second-order valence-corrected chi connectivity index (χ2v) is 15.2. The fourth-order valence-corrected chi connectivity index (χ4v) is 8.67. The Labute approximate surface area is 357 Å². The molecule has 0 bridgehead atoms. The lowest BCUT2D eigenvalue weighted by atomic mass is 9.95. The van der Waals surface area contributed by atoms with Crippen LogP contribution in [-0.4, -0.2) is 0 Å². The summed E-state index contributed by atoms with van der Waals surface area (Å²) in [6.45, 7) is 6.43. The lowest BCUT2D eigenvalue weighted by Crippen LogP contribution is -2.23. The lowest BCUT2D eigenvalue weighted by Gasteiger charge is -2.29. The highest BCUT2D eigenvalue weighted by Gasteiger charge is 2.23. The molecule has 0 aliphatic heterocycles. The Morgan fingerprint density at radius 1 is 0.443 bits per heavy atom. The number of hydrogen-bond acceptors (Lipinski definition) is 2. The van der Waals surface area contributed by atoms with E-state index in [0.29, 0.717) is 0 Å². The summed E-state index contributed by atoms with van der Waals surface area (Å²) in [6, 6.07) is 77.9. The van der Waals surface area contributed by atoms with Gasteiger partial charge in [-0.2, -0.15) is 0 Å². The van der Waals surface area contributed by atoms with Crippen molar-refractivity contribution < 1.29 is 4.42 Å². The molecule has 61 heavy (non-hydrogen) atoms. The molecule has 0 unspecified atom stereocenters. The Balaban J connectivity index is 1.21. The Morgan fingerprint density at radius 2 is 0.951 bits per heavy atom. The van der Waals surface area contributed by atoms with E-state index >= 15 is 0 Å². The maximum absolute atomic E-state index is 6.88. The molecule has 1 aromatic heterocycles. The Morgan fingerprint density at radius 3 is 1.57 bits per heavy atom. The second-order valence-electron chi connectivity index (χ2n) is 15.2. The molecule has 10 rings (SSSR count). The Bertz CT molecular complexity index is 3290. The summed E-state index contributed by atoms with van der Waals surface area (Å²) in [4.78, 5) is 2.42. The highest BCUT2D eigenvalue weighted by atomic mass is 16.3. The smallest absolute Gasteiger partial charge is 0.143 e. The molecule has 0 aliphatic rings. The molecule has 9 aromatic carbocycles. The monoisotopic (exact) mass is 781 g/mol. The first-order chi connectivity index (χ1) is 30.2. The SMILES string of the molecule is C=C/C(c1cccc(-c2ccccc2)c1)=c1\c(=C/C)oc2c1cc(N(c1ccc(-c3ccc(-c4ccccc4)cc3)cc1)c1ccccc1-c1ccccc1)c1ccccc12. The maximum atomic E-state index is 6.88. The van der Waals surface area contributed by atoms with E-state index in [1.165, 1.54) is 22.3 Å².